The van der Waals surface area contributed by atoms with Gasteiger partial charge in [-0.15, -0.1) is 11.5 Å². The van der Waals surface area contributed by atoms with Crippen molar-refractivity contribution in [3.05, 3.63) is 53.9 Å². The van der Waals surface area contributed by atoms with E-state index >= 15 is 0 Å². The van der Waals surface area contributed by atoms with E-state index in [1.54, 1.807) is 41.2 Å². The standard InChI is InChI=1S/C22H20N6O6S/c1-4-20(29)23-11-15-13-28(27-24-15)12-14-9-17(33-3)21-18(10-14)34-25-22(21)26-35(30,31)19-8-6-5-7-16(19)32-2/h1,5-10,13H,11-12H2,2-3H3,(H,23,29)(H,25,26). The molecule has 0 saturated carbocycles. The van der Waals surface area contributed by atoms with Gasteiger partial charge in [0.05, 0.1) is 33.5 Å². The maximum absolute atomic E-state index is 13.0. The number of fused-ring (bicyclic) bond motifs is 1. The van der Waals surface area contributed by atoms with Crippen LogP contribution in [0.1, 0.15) is 11.3 Å². The van der Waals surface area contributed by atoms with Crippen LogP contribution in [-0.4, -0.2) is 48.7 Å². The largest absolute Gasteiger partial charge is 0.496 e. The quantitative estimate of drug-likeness (QED) is 0.329. The second-order valence-electron chi connectivity index (χ2n) is 7.19. The number of benzene rings is 2. The smallest absolute Gasteiger partial charge is 0.295 e. The molecule has 0 radical (unpaired) electrons. The van der Waals surface area contributed by atoms with Gasteiger partial charge in [-0.1, -0.05) is 22.5 Å². The molecule has 4 rings (SSSR count). The molecule has 0 spiro atoms. The number of amides is 1. The molecule has 0 atom stereocenters. The number of para-hydroxylation sites is 1. The van der Waals surface area contributed by atoms with Gasteiger partial charge in [0.2, 0.25) is 0 Å². The summed E-state index contributed by atoms with van der Waals surface area (Å²) in [5, 5.41) is 14.8. The number of aromatic nitrogens is 4. The Hall–Kier alpha value is -4.57. The van der Waals surface area contributed by atoms with E-state index in [1.165, 1.54) is 20.3 Å². The average Bonchev–Trinajstić information content (AvgIpc) is 3.48. The van der Waals surface area contributed by atoms with Crippen LogP contribution in [0.3, 0.4) is 0 Å². The number of ether oxygens (including phenoxy) is 2. The Bertz CT molecular complexity index is 1540. The molecule has 35 heavy (non-hydrogen) atoms. The van der Waals surface area contributed by atoms with Crippen LogP contribution in [0.2, 0.25) is 0 Å². The molecule has 2 N–H and O–H groups in total. The van der Waals surface area contributed by atoms with Crippen molar-refractivity contribution in [2.45, 2.75) is 18.0 Å². The van der Waals surface area contributed by atoms with Crippen LogP contribution in [-0.2, 0) is 27.9 Å². The molecule has 2 heterocycles. The zero-order chi connectivity index (χ0) is 25.0. The summed E-state index contributed by atoms with van der Waals surface area (Å²) >= 11 is 0. The molecule has 1 amide bonds. The van der Waals surface area contributed by atoms with Crippen LogP contribution in [0.4, 0.5) is 5.82 Å². The lowest BCUT2D eigenvalue weighted by molar-refractivity contribution is -0.115. The van der Waals surface area contributed by atoms with Crippen molar-refractivity contribution in [2.24, 2.45) is 0 Å². The summed E-state index contributed by atoms with van der Waals surface area (Å²) in [6, 6.07) is 9.61. The first-order valence-electron chi connectivity index (χ1n) is 10.1. The van der Waals surface area contributed by atoms with Crippen molar-refractivity contribution < 1.29 is 27.2 Å². The Balaban J connectivity index is 1.60. The van der Waals surface area contributed by atoms with E-state index in [1.807, 2.05) is 5.92 Å². The molecule has 0 saturated heterocycles. The Labute approximate surface area is 200 Å². The molecule has 2 aromatic carbocycles. The van der Waals surface area contributed by atoms with Gasteiger partial charge in [-0.25, -0.2) is 13.1 Å². The summed E-state index contributed by atoms with van der Waals surface area (Å²) in [6.07, 6.45) is 6.68. The highest BCUT2D eigenvalue weighted by atomic mass is 32.2. The first kappa shape index (κ1) is 23.6. The summed E-state index contributed by atoms with van der Waals surface area (Å²) in [5.74, 6) is 1.92. The second-order valence-corrected chi connectivity index (χ2v) is 8.84. The number of terminal acetylenes is 1. The SMILES string of the molecule is C#CC(=O)NCc1cn(Cc2cc(OC)c3c(NS(=O)(=O)c4ccccc4OC)noc3c2)nn1. The molecule has 0 unspecified atom stereocenters. The number of methoxy groups -OCH3 is 2. The van der Waals surface area contributed by atoms with Gasteiger partial charge in [0.15, 0.2) is 11.4 Å². The molecular weight excluding hydrogens is 476 g/mol. The predicted octanol–water partition coefficient (Wildman–Crippen LogP) is 1.53. The number of hydrogen-bond donors (Lipinski definition) is 2. The number of nitrogens with zero attached hydrogens (tertiary/aromatic N) is 4. The highest BCUT2D eigenvalue weighted by Gasteiger charge is 2.24. The number of sulfonamides is 1. The normalized spacial score (nSPS) is 11.1. The van der Waals surface area contributed by atoms with Crippen LogP contribution in [0.25, 0.3) is 11.0 Å². The van der Waals surface area contributed by atoms with Crippen molar-refractivity contribution in [2.75, 3.05) is 18.9 Å². The zero-order valence-electron chi connectivity index (χ0n) is 18.7. The van der Waals surface area contributed by atoms with Gasteiger partial charge in [0.1, 0.15) is 27.5 Å². The molecule has 2 aromatic heterocycles. The first-order valence-corrected chi connectivity index (χ1v) is 11.6. The fourth-order valence-corrected chi connectivity index (χ4v) is 4.52. The van der Waals surface area contributed by atoms with Crippen LogP contribution in [0.5, 0.6) is 11.5 Å². The van der Waals surface area contributed by atoms with E-state index < -0.39 is 15.9 Å². The van der Waals surface area contributed by atoms with Gasteiger partial charge in [0.25, 0.3) is 15.9 Å². The summed E-state index contributed by atoms with van der Waals surface area (Å²) in [7, 11) is -1.19. The zero-order valence-corrected chi connectivity index (χ0v) is 19.5. The van der Waals surface area contributed by atoms with Gasteiger partial charge in [-0.05, 0) is 35.7 Å². The highest BCUT2D eigenvalue weighted by Crippen LogP contribution is 2.35. The molecule has 0 aliphatic heterocycles. The predicted molar refractivity (Wildman–Crippen MR) is 124 cm³/mol. The third-order valence-electron chi connectivity index (χ3n) is 4.90. The number of anilines is 1. The van der Waals surface area contributed by atoms with Crippen molar-refractivity contribution in [1.82, 2.24) is 25.5 Å². The van der Waals surface area contributed by atoms with E-state index in [4.69, 9.17) is 20.4 Å². The van der Waals surface area contributed by atoms with Gasteiger partial charge in [-0.3, -0.25) is 9.52 Å². The van der Waals surface area contributed by atoms with E-state index in [2.05, 4.69) is 25.5 Å². The Kier molecular flexibility index (Phi) is 6.56. The number of carbonyl (C=O) groups is 1. The van der Waals surface area contributed by atoms with Crippen LogP contribution in [0.15, 0.2) is 52.0 Å². The first-order chi connectivity index (χ1) is 16.8. The summed E-state index contributed by atoms with van der Waals surface area (Å²) in [4.78, 5) is 11.2. The highest BCUT2D eigenvalue weighted by molar-refractivity contribution is 7.92. The van der Waals surface area contributed by atoms with Gasteiger partial charge >= 0.3 is 0 Å². The van der Waals surface area contributed by atoms with E-state index in [0.717, 1.165) is 5.56 Å². The Morgan fingerprint density at radius 1 is 1.20 bits per heavy atom. The van der Waals surface area contributed by atoms with Crippen molar-refractivity contribution in [3.63, 3.8) is 0 Å². The lowest BCUT2D eigenvalue weighted by Crippen LogP contribution is -2.20. The molecule has 0 fully saturated rings. The third kappa shape index (κ3) is 5.02. The number of carbonyl (C=O) groups excluding carboxylic acids is 1. The minimum atomic E-state index is -4.03. The fraction of sp³-hybridized carbons (Fsp3) is 0.182. The van der Waals surface area contributed by atoms with Crippen LogP contribution >= 0.6 is 0 Å². The molecule has 13 heteroatoms. The third-order valence-corrected chi connectivity index (χ3v) is 6.28. The molecule has 0 aliphatic carbocycles. The van der Waals surface area contributed by atoms with Crippen molar-refractivity contribution in [3.8, 4) is 23.8 Å². The molecule has 0 aliphatic rings. The lowest BCUT2D eigenvalue weighted by Gasteiger charge is -2.10. The van der Waals surface area contributed by atoms with Gasteiger partial charge in [0, 0.05) is 0 Å². The van der Waals surface area contributed by atoms with Crippen molar-refractivity contribution >= 4 is 32.7 Å². The van der Waals surface area contributed by atoms with Gasteiger partial charge < -0.3 is 19.3 Å². The number of nitrogens with one attached hydrogen (secondary N) is 2. The summed E-state index contributed by atoms with van der Waals surface area (Å²) < 4.78 is 46.0. The molecule has 4 aromatic rings. The second kappa shape index (κ2) is 9.74. The molecule has 12 nitrogen and oxygen atoms in total. The maximum Gasteiger partial charge on any atom is 0.295 e. The average molecular weight is 497 g/mol. The van der Waals surface area contributed by atoms with E-state index in [9.17, 15) is 13.2 Å². The topological polar surface area (TPSA) is 150 Å². The minimum absolute atomic E-state index is 0.0263. The van der Waals surface area contributed by atoms with Crippen LogP contribution < -0.4 is 19.5 Å². The summed E-state index contributed by atoms with van der Waals surface area (Å²) in [5.41, 5.74) is 1.56. The monoisotopic (exact) mass is 496 g/mol. The van der Waals surface area contributed by atoms with Gasteiger partial charge in [-0.2, -0.15) is 0 Å². The number of hydrogen-bond acceptors (Lipinski definition) is 9. The molecule has 180 valence electrons. The van der Waals surface area contributed by atoms with E-state index in [0.29, 0.717) is 29.0 Å². The lowest BCUT2D eigenvalue weighted by atomic mass is 10.1. The Morgan fingerprint density at radius 2 is 1.97 bits per heavy atom. The fourth-order valence-electron chi connectivity index (χ4n) is 3.34. The maximum atomic E-state index is 13.0. The molecular formula is C22H20N6O6S. The van der Waals surface area contributed by atoms with Crippen molar-refractivity contribution in [1.29, 1.82) is 0 Å². The van der Waals surface area contributed by atoms with Crippen LogP contribution in [0, 0.1) is 12.3 Å². The molecule has 0 bridgehead atoms. The number of rotatable bonds is 9. The van der Waals surface area contributed by atoms with E-state index in [-0.39, 0.29) is 23.0 Å². The summed E-state index contributed by atoms with van der Waals surface area (Å²) in [6.45, 7) is 0.439. The minimum Gasteiger partial charge on any atom is -0.496 e. The Morgan fingerprint density at radius 3 is 2.71 bits per heavy atom.